The van der Waals surface area contributed by atoms with Crippen LogP contribution in [0.2, 0.25) is 0 Å². The van der Waals surface area contributed by atoms with E-state index in [9.17, 15) is 9.18 Å². The molecule has 0 radical (unpaired) electrons. The molecule has 0 bridgehead atoms. The molecule has 5 heteroatoms. The Morgan fingerprint density at radius 3 is 2.63 bits per heavy atom. The summed E-state index contributed by atoms with van der Waals surface area (Å²) in [4.78, 5) is 17.9. The predicted octanol–water partition coefficient (Wildman–Crippen LogP) is 2.52. The molecular formula is C14H20FN3O. The minimum Gasteiger partial charge on any atom is -0.371 e. The highest BCUT2D eigenvalue weighted by Crippen LogP contribution is 2.30. The summed E-state index contributed by atoms with van der Waals surface area (Å²) < 4.78 is 14.1. The number of anilines is 1. The Labute approximate surface area is 113 Å². The molecular weight excluding hydrogens is 245 g/mol. The van der Waals surface area contributed by atoms with Crippen molar-refractivity contribution in [3.63, 3.8) is 0 Å². The van der Waals surface area contributed by atoms with Gasteiger partial charge in [-0.15, -0.1) is 0 Å². The number of nitrogens with zero attached hydrogens (tertiary/aromatic N) is 2. The van der Waals surface area contributed by atoms with Gasteiger partial charge in [0, 0.05) is 26.3 Å². The van der Waals surface area contributed by atoms with Crippen LogP contribution in [0.15, 0.2) is 12.3 Å². The average molecular weight is 265 g/mol. The predicted molar refractivity (Wildman–Crippen MR) is 72.7 cm³/mol. The van der Waals surface area contributed by atoms with Crippen LogP contribution in [0.4, 0.5) is 10.2 Å². The van der Waals surface area contributed by atoms with Crippen LogP contribution in [0.1, 0.15) is 37.0 Å². The normalized spacial score (nSPS) is 18.2. The molecule has 0 aromatic carbocycles. The number of nitrogens with one attached hydrogen (secondary N) is 1. The fraction of sp³-hybridized carbons (Fsp3) is 0.571. The first-order chi connectivity index (χ1) is 8.94. The fourth-order valence-electron chi connectivity index (χ4n) is 2.27. The van der Waals surface area contributed by atoms with Gasteiger partial charge in [0.2, 0.25) is 0 Å². The number of aromatic nitrogens is 1. The van der Waals surface area contributed by atoms with Crippen molar-refractivity contribution in [3.05, 3.63) is 23.6 Å². The van der Waals surface area contributed by atoms with Gasteiger partial charge in [0.25, 0.3) is 5.91 Å². The van der Waals surface area contributed by atoms with Gasteiger partial charge in [-0.3, -0.25) is 4.79 Å². The molecule has 1 amide bonds. The lowest BCUT2D eigenvalue weighted by Gasteiger charge is -2.37. The number of carbonyl (C=O) groups is 1. The van der Waals surface area contributed by atoms with Gasteiger partial charge >= 0.3 is 0 Å². The summed E-state index contributed by atoms with van der Waals surface area (Å²) in [6.45, 7) is 5.76. The van der Waals surface area contributed by atoms with Gasteiger partial charge in [0.05, 0.1) is 5.56 Å². The van der Waals surface area contributed by atoms with E-state index in [4.69, 9.17) is 0 Å². The highest BCUT2D eigenvalue weighted by Gasteiger charge is 2.29. The summed E-state index contributed by atoms with van der Waals surface area (Å²) >= 11 is 0. The van der Waals surface area contributed by atoms with Crippen molar-refractivity contribution in [2.24, 2.45) is 5.41 Å². The number of hydrogen-bond acceptors (Lipinski definition) is 3. The molecule has 1 aliphatic heterocycles. The highest BCUT2D eigenvalue weighted by molar-refractivity contribution is 5.95. The van der Waals surface area contributed by atoms with E-state index >= 15 is 0 Å². The van der Waals surface area contributed by atoms with Crippen LogP contribution >= 0.6 is 0 Å². The van der Waals surface area contributed by atoms with Gasteiger partial charge in [0.15, 0.2) is 11.6 Å². The maximum atomic E-state index is 14.1. The van der Waals surface area contributed by atoms with E-state index in [1.165, 1.54) is 12.3 Å². The van der Waals surface area contributed by atoms with E-state index in [0.717, 1.165) is 12.8 Å². The molecule has 104 valence electrons. The van der Waals surface area contributed by atoms with Crippen molar-refractivity contribution >= 4 is 11.7 Å². The first-order valence-corrected chi connectivity index (χ1v) is 6.56. The first-order valence-electron chi connectivity index (χ1n) is 6.56. The number of rotatable bonds is 2. The number of carbonyl (C=O) groups excluding carboxylic acids is 1. The largest absolute Gasteiger partial charge is 0.371 e. The summed E-state index contributed by atoms with van der Waals surface area (Å²) in [5.41, 5.74) is 0.364. The number of piperidine rings is 1. The van der Waals surface area contributed by atoms with Gasteiger partial charge < -0.3 is 10.2 Å². The summed E-state index contributed by atoms with van der Waals surface area (Å²) in [6.07, 6.45) is 3.35. The minimum absolute atomic E-state index is 0.0963. The fourth-order valence-corrected chi connectivity index (χ4v) is 2.27. The Hall–Kier alpha value is -1.65. The molecule has 1 saturated heterocycles. The molecule has 1 aliphatic rings. The average Bonchev–Trinajstić information content (AvgIpc) is 2.38. The molecule has 0 aliphatic carbocycles. The van der Waals surface area contributed by atoms with Crippen molar-refractivity contribution in [1.82, 2.24) is 9.88 Å². The topological polar surface area (TPSA) is 45.2 Å². The lowest BCUT2D eigenvalue weighted by molar-refractivity contribution is 0.0625. The Morgan fingerprint density at radius 2 is 2.05 bits per heavy atom. The van der Waals surface area contributed by atoms with Crippen molar-refractivity contribution in [3.8, 4) is 0 Å². The lowest BCUT2D eigenvalue weighted by atomic mass is 9.82. The van der Waals surface area contributed by atoms with Gasteiger partial charge in [-0.05, 0) is 24.3 Å². The second-order valence-corrected chi connectivity index (χ2v) is 5.73. The van der Waals surface area contributed by atoms with Crippen molar-refractivity contribution in [2.45, 2.75) is 26.7 Å². The zero-order valence-electron chi connectivity index (χ0n) is 11.7. The van der Waals surface area contributed by atoms with Gasteiger partial charge in [-0.25, -0.2) is 9.37 Å². The van der Waals surface area contributed by atoms with Crippen molar-refractivity contribution in [2.75, 3.05) is 25.5 Å². The first kappa shape index (κ1) is 13.8. The minimum atomic E-state index is -0.570. The van der Waals surface area contributed by atoms with Crippen LogP contribution in [0, 0.1) is 11.2 Å². The van der Waals surface area contributed by atoms with Gasteiger partial charge in [-0.2, -0.15) is 0 Å². The Kier molecular flexibility index (Phi) is 3.73. The number of pyridine rings is 1. The number of likely N-dealkylation sites (tertiary alicyclic amines) is 1. The monoisotopic (exact) mass is 265 g/mol. The van der Waals surface area contributed by atoms with E-state index in [1.807, 2.05) is 0 Å². The number of amides is 1. The standard InChI is InChI=1S/C14H20FN3O/c1-14(2)5-8-18(9-6-14)13(19)10-4-7-17-12(16-3)11(10)15/h4,7H,5-6,8-9H2,1-3H3,(H,16,17). The Bertz CT molecular complexity index is 478. The van der Waals surface area contributed by atoms with Crippen LogP contribution in [0.5, 0.6) is 0 Å². The highest BCUT2D eigenvalue weighted by atomic mass is 19.1. The molecule has 0 spiro atoms. The molecule has 19 heavy (non-hydrogen) atoms. The molecule has 0 saturated carbocycles. The zero-order chi connectivity index (χ0) is 14.0. The van der Waals surface area contributed by atoms with Crippen LogP contribution in [-0.4, -0.2) is 35.9 Å². The van der Waals surface area contributed by atoms with Gasteiger partial charge in [-0.1, -0.05) is 13.8 Å². The molecule has 2 rings (SSSR count). The summed E-state index contributed by atoms with van der Waals surface area (Å²) in [7, 11) is 1.59. The SMILES string of the molecule is CNc1nccc(C(=O)N2CCC(C)(C)CC2)c1F. The third-order valence-electron chi connectivity index (χ3n) is 3.76. The molecule has 4 nitrogen and oxygen atoms in total. The van der Waals surface area contributed by atoms with Crippen LogP contribution in [0.25, 0.3) is 0 Å². The summed E-state index contributed by atoms with van der Waals surface area (Å²) in [5.74, 6) is -0.699. The maximum absolute atomic E-state index is 14.1. The van der Waals surface area contributed by atoms with E-state index in [2.05, 4.69) is 24.1 Å². The second kappa shape index (κ2) is 5.15. The molecule has 0 unspecified atom stereocenters. The Balaban J connectivity index is 2.17. The maximum Gasteiger partial charge on any atom is 0.257 e. The summed E-state index contributed by atoms with van der Waals surface area (Å²) in [5, 5.41) is 2.65. The van der Waals surface area contributed by atoms with Crippen LogP contribution < -0.4 is 5.32 Å². The molecule has 0 atom stereocenters. The quantitative estimate of drug-likeness (QED) is 0.893. The Morgan fingerprint density at radius 1 is 1.42 bits per heavy atom. The van der Waals surface area contributed by atoms with Gasteiger partial charge in [0.1, 0.15) is 0 Å². The molecule has 1 aromatic heterocycles. The van der Waals surface area contributed by atoms with Crippen LogP contribution in [-0.2, 0) is 0 Å². The van der Waals surface area contributed by atoms with E-state index in [0.29, 0.717) is 13.1 Å². The van der Waals surface area contributed by atoms with Crippen LogP contribution in [0.3, 0.4) is 0 Å². The third-order valence-corrected chi connectivity index (χ3v) is 3.76. The van der Waals surface area contributed by atoms with E-state index < -0.39 is 5.82 Å². The number of halogens is 1. The van der Waals surface area contributed by atoms with E-state index in [-0.39, 0.29) is 22.7 Å². The molecule has 1 fully saturated rings. The van der Waals surface area contributed by atoms with Crippen molar-refractivity contribution in [1.29, 1.82) is 0 Å². The molecule has 1 aromatic rings. The van der Waals surface area contributed by atoms with Crippen molar-refractivity contribution < 1.29 is 9.18 Å². The van der Waals surface area contributed by atoms with E-state index in [1.54, 1.807) is 11.9 Å². The third kappa shape index (κ3) is 2.85. The molecule has 2 heterocycles. The second-order valence-electron chi connectivity index (χ2n) is 5.73. The smallest absolute Gasteiger partial charge is 0.257 e. The zero-order valence-corrected chi connectivity index (χ0v) is 11.7. The number of hydrogen-bond donors (Lipinski definition) is 1. The lowest BCUT2D eigenvalue weighted by Crippen LogP contribution is -2.41. The molecule has 1 N–H and O–H groups in total. The summed E-state index contributed by atoms with van der Waals surface area (Å²) in [6, 6.07) is 1.44.